The van der Waals surface area contributed by atoms with E-state index in [1.54, 1.807) is 45.6 Å². The van der Waals surface area contributed by atoms with Crippen LogP contribution >= 0.6 is 0 Å². The van der Waals surface area contributed by atoms with Crippen molar-refractivity contribution >= 4 is 17.3 Å². The number of methoxy groups -OCH3 is 3. The first-order valence-corrected chi connectivity index (χ1v) is 11.9. The van der Waals surface area contributed by atoms with Gasteiger partial charge in [-0.05, 0) is 59.9 Å². The minimum atomic E-state index is -0.375. The van der Waals surface area contributed by atoms with Crippen molar-refractivity contribution < 1.29 is 28.5 Å². The molecule has 9 heteroatoms. The first-order valence-electron chi connectivity index (χ1n) is 11.9. The minimum absolute atomic E-state index is 0.165. The quantitative estimate of drug-likeness (QED) is 0.511. The molecule has 2 aliphatic rings. The molecule has 0 radical (unpaired) electrons. The van der Waals surface area contributed by atoms with Crippen LogP contribution in [0, 0.1) is 0 Å². The summed E-state index contributed by atoms with van der Waals surface area (Å²) in [6.07, 6.45) is 1.22. The average Bonchev–Trinajstić information content (AvgIpc) is 3.24. The molecule has 1 amide bonds. The van der Waals surface area contributed by atoms with Gasteiger partial charge in [-0.25, -0.2) is 0 Å². The third-order valence-corrected chi connectivity index (χ3v) is 6.57. The van der Waals surface area contributed by atoms with Crippen LogP contribution < -0.4 is 39.7 Å². The Kier molecular flexibility index (Phi) is 6.52. The second-order valence-corrected chi connectivity index (χ2v) is 8.79. The number of hydrogen-bond donors (Lipinski definition) is 2. The number of hydrogen-bond acceptors (Lipinski definition) is 8. The lowest BCUT2D eigenvalue weighted by molar-refractivity contribution is -0.119. The van der Waals surface area contributed by atoms with Gasteiger partial charge in [0.05, 0.1) is 33.1 Å². The van der Waals surface area contributed by atoms with Crippen LogP contribution in [0.15, 0.2) is 47.3 Å². The molecule has 5 rings (SSSR count). The summed E-state index contributed by atoms with van der Waals surface area (Å²) in [6, 6.07) is 12.1. The van der Waals surface area contributed by atoms with Gasteiger partial charge in [0.2, 0.25) is 23.9 Å². The predicted molar refractivity (Wildman–Crippen MR) is 139 cm³/mol. The Balaban J connectivity index is 1.70. The van der Waals surface area contributed by atoms with E-state index < -0.39 is 0 Å². The van der Waals surface area contributed by atoms with E-state index >= 15 is 0 Å². The Labute approximate surface area is 214 Å². The van der Waals surface area contributed by atoms with Gasteiger partial charge in [0.25, 0.3) is 0 Å². The van der Waals surface area contributed by atoms with Crippen LogP contribution in [0.2, 0.25) is 0 Å². The van der Waals surface area contributed by atoms with Crippen molar-refractivity contribution in [2.45, 2.75) is 25.8 Å². The lowest BCUT2D eigenvalue weighted by atomic mass is 9.95. The summed E-state index contributed by atoms with van der Waals surface area (Å²) in [5.41, 5.74) is 4.06. The van der Waals surface area contributed by atoms with Gasteiger partial charge in [-0.3, -0.25) is 9.59 Å². The molecule has 3 aromatic carbocycles. The highest BCUT2D eigenvalue weighted by Gasteiger charge is 2.29. The largest absolute Gasteiger partial charge is 0.493 e. The topological polar surface area (TPSA) is 104 Å². The van der Waals surface area contributed by atoms with Gasteiger partial charge in [-0.15, -0.1) is 0 Å². The normalized spacial score (nSPS) is 15.1. The monoisotopic (exact) mass is 504 g/mol. The molecule has 1 aliphatic carbocycles. The number of ether oxygens (including phenoxy) is 5. The molecule has 1 heterocycles. The lowest BCUT2D eigenvalue weighted by Crippen LogP contribution is -2.26. The van der Waals surface area contributed by atoms with Crippen LogP contribution in [-0.4, -0.2) is 34.0 Å². The van der Waals surface area contributed by atoms with Crippen LogP contribution in [0.5, 0.6) is 28.7 Å². The number of rotatable bonds is 6. The molecule has 0 saturated heterocycles. The van der Waals surface area contributed by atoms with Crippen molar-refractivity contribution in [1.82, 2.24) is 5.32 Å². The van der Waals surface area contributed by atoms with Gasteiger partial charge in [0.15, 0.2) is 23.0 Å². The second kappa shape index (κ2) is 9.93. The van der Waals surface area contributed by atoms with Gasteiger partial charge >= 0.3 is 0 Å². The molecule has 37 heavy (non-hydrogen) atoms. The summed E-state index contributed by atoms with van der Waals surface area (Å²) in [6.45, 7) is 1.64. The van der Waals surface area contributed by atoms with Crippen molar-refractivity contribution in [3.8, 4) is 39.9 Å². The zero-order chi connectivity index (χ0) is 26.1. The summed E-state index contributed by atoms with van der Waals surface area (Å²) in [4.78, 5) is 25.6. The highest BCUT2D eigenvalue weighted by molar-refractivity contribution is 5.84. The maximum absolute atomic E-state index is 13.5. The van der Waals surface area contributed by atoms with Crippen LogP contribution in [-0.2, 0) is 11.2 Å². The molecule has 0 saturated carbocycles. The molecule has 0 aromatic heterocycles. The molecule has 1 aliphatic heterocycles. The van der Waals surface area contributed by atoms with E-state index in [1.165, 1.54) is 6.92 Å². The molecule has 3 aromatic rings. The molecule has 0 spiro atoms. The molecule has 192 valence electrons. The fraction of sp³-hybridized carbons (Fsp3) is 0.286. The molecule has 0 fully saturated rings. The number of benzene rings is 2. The maximum atomic E-state index is 13.5. The molecule has 1 atom stereocenters. The maximum Gasteiger partial charge on any atom is 0.231 e. The van der Waals surface area contributed by atoms with Crippen LogP contribution in [0.25, 0.3) is 11.1 Å². The number of nitrogens with one attached hydrogen (secondary N) is 2. The fourth-order valence-corrected chi connectivity index (χ4v) is 4.94. The Hall–Kier alpha value is -4.40. The summed E-state index contributed by atoms with van der Waals surface area (Å²) in [7, 11) is 4.70. The first-order chi connectivity index (χ1) is 17.9. The highest BCUT2D eigenvalue weighted by Crippen LogP contribution is 2.50. The zero-order valence-electron chi connectivity index (χ0n) is 21.1. The number of carbonyl (C=O) groups excluding carboxylic acids is 1. The zero-order valence-corrected chi connectivity index (χ0v) is 21.1. The van der Waals surface area contributed by atoms with Crippen LogP contribution in [0.3, 0.4) is 0 Å². The molecule has 0 unspecified atom stereocenters. The van der Waals surface area contributed by atoms with Gasteiger partial charge in [-0.2, -0.15) is 0 Å². The van der Waals surface area contributed by atoms with Crippen molar-refractivity contribution in [3.63, 3.8) is 0 Å². The molecule has 9 nitrogen and oxygen atoms in total. The molecular formula is C28H28N2O7. The number of fused-ring (bicyclic) bond motifs is 4. The van der Waals surface area contributed by atoms with Gasteiger partial charge < -0.3 is 34.3 Å². The summed E-state index contributed by atoms with van der Waals surface area (Å²) in [5, 5.41) is 6.21. The van der Waals surface area contributed by atoms with E-state index in [9.17, 15) is 9.59 Å². The Morgan fingerprint density at radius 3 is 2.46 bits per heavy atom. The Morgan fingerprint density at radius 1 is 0.946 bits per heavy atom. The van der Waals surface area contributed by atoms with E-state index in [0.717, 1.165) is 16.7 Å². The summed E-state index contributed by atoms with van der Waals surface area (Å²) < 4.78 is 27.9. The van der Waals surface area contributed by atoms with E-state index in [0.29, 0.717) is 58.5 Å². The Morgan fingerprint density at radius 2 is 1.73 bits per heavy atom. The van der Waals surface area contributed by atoms with Gasteiger partial charge in [0.1, 0.15) is 0 Å². The molecule has 0 bridgehead atoms. The highest BCUT2D eigenvalue weighted by atomic mass is 16.7. The average molecular weight is 505 g/mol. The van der Waals surface area contributed by atoms with Crippen molar-refractivity contribution in [2.24, 2.45) is 0 Å². The minimum Gasteiger partial charge on any atom is -0.493 e. The lowest BCUT2D eigenvalue weighted by Gasteiger charge is -2.19. The van der Waals surface area contributed by atoms with Crippen molar-refractivity contribution in [2.75, 3.05) is 33.4 Å². The van der Waals surface area contributed by atoms with Crippen LogP contribution in [0.4, 0.5) is 11.4 Å². The SMILES string of the molecule is COc1cc2c(c(OC)c1OC)-c1ccc(Nc3ccc4c(c3)OCO4)c(=O)cc1[C@H](NC(C)=O)CC2. The van der Waals surface area contributed by atoms with Crippen molar-refractivity contribution in [1.29, 1.82) is 0 Å². The Bertz CT molecular complexity index is 1440. The standard InChI is InChI=1S/C28H28N2O7/c1-15(31)29-20-8-5-16-11-25(33-2)27(34-3)28(35-4)26(16)18-7-9-21(22(32)13-19(18)20)30-17-6-10-23-24(12-17)37-14-36-23/h6-7,9-13,20H,5,8,14H2,1-4H3,(H,29,31)(H,30,32)/t20-/m1/s1. The van der Waals surface area contributed by atoms with E-state index in [2.05, 4.69) is 10.6 Å². The number of anilines is 2. The van der Waals surface area contributed by atoms with E-state index in [4.69, 9.17) is 23.7 Å². The van der Waals surface area contributed by atoms with E-state index in [1.807, 2.05) is 18.2 Å². The predicted octanol–water partition coefficient (Wildman–Crippen LogP) is 4.34. The number of carbonyl (C=O) groups is 1. The number of amides is 1. The molecular weight excluding hydrogens is 476 g/mol. The van der Waals surface area contributed by atoms with Gasteiger partial charge in [-0.1, -0.05) is 6.07 Å². The third kappa shape index (κ3) is 4.48. The fourth-order valence-electron chi connectivity index (χ4n) is 4.94. The van der Waals surface area contributed by atoms with E-state index in [-0.39, 0.29) is 24.2 Å². The van der Waals surface area contributed by atoms with Gasteiger partial charge in [0, 0.05) is 24.2 Å². The second-order valence-electron chi connectivity index (χ2n) is 8.79. The number of aryl methyl sites for hydroxylation is 1. The molecule has 2 N–H and O–H groups in total. The van der Waals surface area contributed by atoms with Crippen LogP contribution in [0.1, 0.15) is 30.5 Å². The summed E-state index contributed by atoms with van der Waals surface area (Å²) in [5.74, 6) is 2.60. The summed E-state index contributed by atoms with van der Waals surface area (Å²) >= 11 is 0. The van der Waals surface area contributed by atoms with Crippen molar-refractivity contribution in [3.05, 3.63) is 63.8 Å². The first kappa shape index (κ1) is 24.3. The third-order valence-electron chi connectivity index (χ3n) is 6.57. The smallest absolute Gasteiger partial charge is 0.231 e.